The molecule has 58 heavy (non-hydrogen) atoms. The number of amides is 3. The minimum Gasteiger partial charge on any atom is -0.467 e. The van der Waals surface area contributed by atoms with Crippen LogP contribution >= 0.6 is 11.6 Å². The summed E-state index contributed by atoms with van der Waals surface area (Å²) >= 11 is 6.03. The van der Waals surface area contributed by atoms with E-state index in [1.54, 1.807) is 47.4 Å². The molecule has 1 fully saturated rings. The number of anilines is 4. The maximum Gasteiger partial charge on any atom is 0.422 e. The first-order valence-corrected chi connectivity index (χ1v) is 17.9. The van der Waals surface area contributed by atoms with E-state index >= 15 is 0 Å². The van der Waals surface area contributed by atoms with Crippen LogP contribution in [0.1, 0.15) is 40.7 Å². The van der Waals surface area contributed by atoms with Gasteiger partial charge in [-0.15, -0.1) is 0 Å². The molecule has 1 aliphatic carbocycles. The third-order valence-electron chi connectivity index (χ3n) is 8.62. The number of hydrogen-bond acceptors (Lipinski definition) is 13. The Morgan fingerprint density at radius 1 is 0.897 bits per heavy atom. The summed E-state index contributed by atoms with van der Waals surface area (Å²) in [5.74, 6) is -3.52. The highest BCUT2D eigenvalue weighted by atomic mass is 35.5. The third kappa shape index (κ3) is 11.4. The summed E-state index contributed by atoms with van der Waals surface area (Å²) in [6.45, 7) is -1.32. The van der Waals surface area contributed by atoms with Gasteiger partial charge in [-0.25, -0.2) is 14.5 Å². The van der Waals surface area contributed by atoms with E-state index < -0.39 is 54.1 Å². The Morgan fingerprint density at radius 3 is 2.22 bits per heavy atom. The predicted octanol–water partition coefficient (Wildman–Crippen LogP) is 4.37. The van der Waals surface area contributed by atoms with Crippen molar-refractivity contribution in [3.05, 3.63) is 107 Å². The molecule has 2 aromatic heterocycles. The Hall–Kier alpha value is -6.83. The molecule has 0 saturated heterocycles. The first-order valence-electron chi connectivity index (χ1n) is 17.5. The number of carbonyl (C=O) groups is 4. The van der Waals surface area contributed by atoms with Gasteiger partial charge in [0.15, 0.2) is 6.61 Å². The first-order chi connectivity index (χ1) is 27.8. The van der Waals surface area contributed by atoms with Crippen molar-refractivity contribution >= 4 is 58.6 Å². The molecule has 302 valence electrons. The number of alkyl halides is 3. The van der Waals surface area contributed by atoms with Crippen molar-refractivity contribution in [2.75, 3.05) is 36.2 Å². The summed E-state index contributed by atoms with van der Waals surface area (Å²) in [6.07, 6.45) is -0.354. The highest BCUT2D eigenvalue weighted by Gasteiger charge is 2.45. The summed E-state index contributed by atoms with van der Waals surface area (Å²) in [6, 6.07) is 17.9. The highest BCUT2D eigenvalue weighted by Crippen LogP contribution is 2.48. The van der Waals surface area contributed by atoms with Gasteiger partial charge < -0.3 is 36.1 Å². The summed E-state index contributed by atoms with van der Waals surface area (Å²) < 4.78 is 50.2. The topological polar surface area (TPSA) is 216 Å². The Morgan fingerprint density at radius 2 is 1.59 bits per heavy atom. The van der Waals surface area contributed by atoms with E-state index in [-0.39, 0.29) is 30.4 Å². The minimum absolute atomic E-state index is 0.0329. The Labute approximate surface area is 333 Å². The second-order valence-corrected chi connectivity index (χ2v) is 13.4. The van der Waals surface area contributed by atoms with E-state index in [1.165, 1.54) is 30.6 Å². The fourth-order valence-electron chi connectivity index (χ4n) is 5.53. The molecule has 0 spiro atoms. The van der Waals surface area contributed by atoms with Crippen LogP contribution < -0.4 is 31.3 Å². The number of benzene rings is 3. The average Bonchev–Trinajstić information content (AvgIpc) is 3.79. The number of rotatable bonds is 16. The van der Waals surface area contributed by atoms with Gasteiger partial charge in [-0.2, -0.15) is 33.2 Å². The lowest BCUT2D eigenvalue weighted by atomic mass is 10.1. The molecule has 0 bridgehead atoms. The van der Waals surface area contributed by atoms with Gasteiger partial charge in [-0.05, 0) is 78.9 Å². The van der Waals surface area contributed by atoms with E-state index in [1.807, 2.05) is 12.1 Å². The number of nitrogens with zero attached hydrogens (tertiary/aromatic N) is 6. The molecule has 17 nitrogen and oxygen atoms in total. The molecule has 1 atom stereocenters. The van der Waals surface area contributed by atoms with E-state index in [2.05, 4.69) is 51.6 Å². The SMILES string of the molecule is COC(=O)[C@H](CCNC(=O)C(=O)Nc1ccc(Cn2cncn2)cc1)NC(=O)c1ccc(Nc2nc(NC3(c4ccc(Cl)cc4)CC3)nc(OCC(F)(F)F)n2)cc1. The molecule has 3 aromatic carbocycles. The van der Waals surface area contributed by atoms with E-state index in [9.17, 15) is 32.3 Å². The van der Waals surface area contributed by atoms with Crippen LogP contribution in [0.3, 0.4) is 0 Å². The van der Waals surface area contributed by atoms with Gasteiger partial charge in [0.1, 0.15) is 18.7 Å². The molecule has 0 unspecified atom stereocenters. The van der Waals surface area contributed by atoms with Crippen molar-refractivity contribution in [2.24, 2.45) is 0 Å². The largest absolute Gasteiger partial charge is 0.467 e. The van der Waals surface area contributed by atoms with Crippen molar-refractivity contribution in [2.45, 2.75) is 43.6 Å². The van der Waals surface area contributed by atoms with Gasteiger partial charge in [0, 0.05) is 28.5 Å². The lowest BCUT2D eigenvalue weighted by Gasteiger charge is -2.19. The fraction of sp³-hybridized carbons (Fsp3) is 0.270. The number of hydrogen-bond donors (Lipinski definition) is 5. The number of nitrogens with one attached hydrogen (secondary N) is 5. The number of halogens is 4. The van der Waals surface area contributed by atoms with E-state index in [4.69, 9.17) is 21.1 Å². The standard InChI is InChI=1S/C37H35ClF3N11O6/c1-57-32(56)28(14-17-43-30(54)31(55)45-26-10-2-22(3-11-26)18-52-21-42-20-44-52)47-29(53)23-4-12-27(13-5-23)46-33-48-34(50-35(49-33)58-19-37(39,40)41)51-36(15-16-36)24-6-8-25(38)9-7-24/h2-13,20-21,28H,14-19H2,1H3,(H,43,54)(H,45,55)(H,47,53)(H2,46,48,49,50,51)/t28-/m0/s1. The van der Waals surface area contributed by atoms with E-state index in [0.717, 1.165) is 18.2 Å². The zero-order chi connectivity index (χ0) is 41.3. The molecule has 1 aliphatic rings. The first kappa shape index (κ1) is 40.8. The number of esters is 1. The zero-order valence-electron chi connectivity index (χ0n) is 30.5. The molecule has 2 heterocycles. The van der Waals surface area contributed by atoms with Gasteiger partial charge in [-0.3, -0.25) is 14.4 Å². The Balaban J connectivity index is 1.03. The normalized spacial score (nSPS) is 13.4. The Bertz CT molecular complexity index is 2220. The lowest BCUT2D eigenvalue weighted by molar-refractivity contribution is -0.154. The van der Waals surface area contributed by atoms with Gasteiger partial charge in [0.25, 0.3) is 5.91 Å². The smallest absolute Gasteiger partial charge is 0.422 e. The monoisotopic (exact) mass is 821 g/mol. The van der Waals surface area contributed by atoms with E-state index in [0.29, 0.717) is 35.8 Å². The third-order valence-corrected chi connectivity index (χ3v) is 8.87. The summed E-state index contributed by atoms with van der Waals surface area (Å²) in [5, 5.41) is 18.1. The molecule has 3 amide bonds. The van der Waals surface area contributed by atoms with Gasteiger partial charge >= 0.3 is 30.0 Å². The summed E-state index contributed by atoms with van der Waals surface area (Å²) in [4.78, 5) is 66.8. The second-order valence-electron chi connectivity index (χ2n) is 12.9. The molecular weight excluding hydrogens is 787 g/mol. The Kier molecular flexibility index (Phi) is 12.6. The van der Waals surface area contributed by atoms with Crippen molar-refractivity contribution in [3.8, 4) is 6.01 Å². The fourth-order valence-corrected chi connectivity index (χ4v) is 5.66. The summed E-state index contributed by atoms with van der Waals surface area (Å²) in [7, 11) is 1.13. The number of carbonyl (C=O) groups excluding carboxylic acids is 4. The number of ether oxygens (including phenoxy) is 2. The van der Waals surface area contributed by atoms with Crippen LogP contribution in [0.5, 0.6) is 6.01 Å². The van der Waals surface area contributed by atoms with Gasteiger partial charge in [0.05, 0.1) is 19.2 Å². The average molecular weight is 822 g/mol. The molecule has 1 saturated carbocycles. The van der Waals surface area contributed by atoms with Crippen molar-refractivity contribution in [1.82, 2.24) is 40.3 Å². The zero-order valence-corrected chi connectivity index (χ0v) is 31.3. The maximum atomic E-state index is 13.1. The van der Waals surface area contributed by atoms with Crippen LogP contribution in [-0.2, 0) is 31.2 Å². The molecule has 5 aromatic rings. The van der Waals surface area contributed by atoms with Gasteiger partial charge in [0.2, 0.25) is 11.9 Å². The maximum absolute atomic E-state index is 13.1. The van der Waals surface area contributed by atoms with Crippen LogP contribution in [0.25, 0.3) is 0 Å². The molecule has 0 radical (unpaired) electrons. The number of aromatic nitrogens is 6. The van der Waals surface area contributed by atoms with Crippen molar-refractivity contribution in [1.29, 1.82) is 0 Å². The highest BCUT2D eigenvalue weighted by molar-refractivity contribution is 6.39. The second kappa shape index (κ2) is 18.0. The summed E-state index contributed by atoms with van der Waals surface area (Å²) in [5.41, 5.74) is 2.08. The van der Waals surface area contributed by atoms with Crippen LogP contribution in [0.15, 0.2) is 85.5 Å². The van der Waals surface area contributed by atoms with Crippen LogP contribution in [0, 0.1) is 0 Å². The molecule has 6 rings (SSSR count). The van der Waals surface area contributed by atoms with Crippen LogP contribution in [0.4, 0.5) is 36.4 Å². The number of methoxy groups -OCH3 is 1. The molecule has 21 heteroatoms. The predicted molar refractivity (Wildman–Crippen MR) is 202 cm³/mol. The van der Waals surface area contributed by atoms with Crippen LogP contribution in [0.2, 0.25) is 5.02 Å². The van der Waals surface area contributed by atoms with Crippen molar-refractivity contribution < 1.29 is 41.8 Å². The molecular formula is C37H35ClF3N11O6. The van der Waals surface area contributed by atoms with Crippen molar-refractivity contribution in [3.63, 3.8) is 0 Å². The minimum atomic E-state index is -4.64. The van der Waals surface area contributed by atoms with Gasteiger partial charge in [-0.1, -0.05) is 35.9 Å². The molecule has 0 aliphatic heterocycles. The molecule has 5 N–H and O–H groups in total. The lowest BCUT2D eigenvalue weighted by Crippen LogP contribution is -2.44. The quantitative estimate of drug-likeness (QED) is 0.0692. The van der Waals surface area contributed by atoms with Crippen LogP contribution in [-0.4, -0.2) is 85.9 Å².